The number of hydrogen-bond donors (Lipinski definition) is 2. The van der Waals surface area contributed by atoms with Gasteiger partial charge in [0.15, 0.2) is 0 Å². The Labute approximate surface area is 220 Å². The van der Waals surface area contributed by atoms with Crippen molar-refractivity contribution in [1.82, 2.24) is 9.88 Å². The molecule has 4 nitrogen and oxygen atoms in total. The van der Waals surface area contributed by atoms with Gasteiger partial charge in [-0.05, 0) is 62.7 Å². The highest BCUT2D eigenvalue weighted by molar-refractivity contribution is 6.17. The molecule has 0 fully saturated rings. The molecule has 36 heavy (non-hydrogen) atoms. The molecule has 3 rings (SSSR count). The average Bonchev–Trinajstić information content (AvgIpc) is 3.16. The molecule has 0 spiro atoms. The average molecular weight is 492 g/mol. The highest BCUT2D eigenvalue weighted by Crippen LogP contribution is 2.32. The molecule has 4 heteroatoms. The monoisotopic (exact) mass is 491 g/mol. The first-order valence-electron chi connectivity index (χ1n) is 13.6. The van der Waals surface area contributed by atoms with Crippen molar-refractivity contribution in [3.05, 3.63) is 83.4 Å². The number of nitrogens with zero attached hydrogens (tertiary/aromatic N) is 1. The lowest BCUT2D eigenvalue weighted by Crippen LogP contribution is -2.13. The van der Waals surface area contributed by atoms with Crippen LogP contribution in [0, 0.1) is 12.8 Å². The summed E-state index contributed by atoms with van der Waals surface area (Å²) in [7, 11) is 0. The van der Waals surface area contributed by atoms with E-state index in [0.717, 1.165) is 72.5 Å². The topological polar surface area (TPSA) is 60.1 Å². The van der Waals surface area contributed by atoms with E-state index in [1.807, 2.05) is 20.8 Å². The molecule has 1 aliphatic carbocycles. The first-order valence-corrected chi connectivity index (χ1v) is 13.6. The van der Waals surface area contributed by atoms with Gasteiger partial charge in [0.25, 0.3) is 0 Å². The fraction of sp³-hybridized carbons (Fsp3) is 0.469. The second kappa shape index (κ2) is 15.9. The van der Waals surface area contributed by atoms with Gasteiger partial charge in [0.05, 0.1) is 11.3 Å². The molecule has 0 saturated carbocycles. The standard InChI is InChI=1S/C25H31N3O.C5H12.C2H6/c1-5-27-17(2)14-15-21-12-9-13-22-24(21)23(25(29)18(3)26)19(4)28(22)16-20-10-7-6-8-11-20;1-4-5(2)3;1-2/h7,9-13,27H,2-3,5-6,8,14-16,26H2,1,4H3;5H,4H2,1-3H3;1-2H3. The number of fused-ring (bicyclic) bond motifs is 1. The number of benzene rings is 1. The molecule has 1 aromatic heterocycles. The quantitative estimate of drug-likeness (QED) is 0.261. The molecule has 2 aromatic rings. The van der Waals surface area contributed by atoms with Gasteiger partial charge in [0.2, 0.25) is 5.78 Å². The third-order valence-electron chi connectivity index (χ3n) is 6.31. The minimum atomic E-state index is -0.183. The van der Waals surface area contributed by atoms with Crippen molar-refractivity contribution in [2.24, 2.45) is 11.7 Å². The number of hydrogen-bond acceptors (Lipinski definition) is 3. The molecule has 0 radical (unpaired) electrons. The summed E-state index contributed by atoms with van der Waals surface area (Å²) in [4.78, 5) is 13.0. The molecule has 0 aliphatic heterocycles. The second-order valence-electron chi connectivity index (χ2n) is 9.41. The van der Waals surface area contributed by atoms with Crippen molar-refractivity contribution >= 4 is 16.7 Å². The molecular formula is C32H49N3O. The van der Waals surface area contributed by atoms with Gasteiger partial charge in [-0.15, -0.1) is 0 Å². The molecule has 3 N–H and O–H groups in total. The smallest absolute Gasteiger partial charge is 0.210 e. The third-order valence-corrected chi connectivity index (χ3v) is 6.31. The Hall–Kier alpha value is -3.01. The Morgan fingerprint density at radius 2 is 1.83 bits per heavy atom. The number of nitrogens with two attached hydrogens (primary N) is 1. The summed E-state index contributed by atoms with van der Waals surface area (Å²) < 4.78 is 2.23. The number of ketones is 1. The molecular weight excluding hydrogens is 442 g/mol. The lowest BCUT2D eigenvalue weighted by Gasteiger charge is -2.12. The zero-order chi connectivity index (χ0) is 27.3. The van der Waals surface area contributed by atoms with Gasteiger partial charge in [-0.2, -0.15) is 0 Å². The Morgan fingerprint density at radius 3 is 2.36 bits per heavy atom. The van der Waals surface area contributed by atoms with Crippen LogP contribution in [0.25, 0.3) is 10.9 Å². The normalized spacial score (nSPS) is 12.3. The fourth-order valence-corrected chi connectivity index (χ4v) is 4.04. The maximum absolute atomic E-state index is 13.0. The van der Waals surface area contributed by atoms with Crippen molar-refractivity contribution in [1.29, 1.82) is 0 Å². The highest BCUT2D eigenvalue weighted by atomic mass is 16.1. The SMILES string of the molecule is C=C(CCc1cccc2c1c(C(=O)C(=C)N)c(C)n2CC1=CCCC=C1)NCC.CC.CCC(C)C. The van der Waals surface area contributed by atoms with Crippen molar-refractivity contribution in [2.45, 2.75) is 87.1 Å². The predicted molar refractivity (Wildman–Crippen MR) is 158 cm³/mol. The fourth-order valence-electron chi connectivity index (χ4n) is 4.04. The number of Topliss-reactive ketones (excluding diaryl/α,β-unsaturated/α-hetero) is 1. The third kappa shape index (κ3) is 8.58. The van der Waals surface area contributed by atoms with Crippen molar-refractivity contribution in [3.8, 4) is 0 Å². The maximum Gasteiger partial charge on any atom is 0.210 e. The van der Waals surface area contributed by atoms with Crippen LogP contribution in [-0.4, -0.2) is 16.9 Å². The number of aromatic nitrogens is 1. The van der Waals surface area contributed by atoms with Crippen LogP contribution in [0.15, 0.2) is 66.6 Å². The van der Waals surface area contributed by atoms with Gasteiger partial charge >= 0.3 is 0 Å². The van der Waals surface area contributed by atoms with E-state index >= 15 is 0 Å². The van der Waals surface area contributed by atoms with Gasteiger partial charge in [0, 0.05) is 35.4 Å². The summed E-state index contributed by atoms with van der Waals surface area (Å²) in [5.74, 6) is 0.701. The zero-order valence-electron chi connectivity index (χ0n) is 23.8. The summed E-state index contributed by atoms with van der Waals surface area (Å²) in [5.41, 5.74) is 12.0. The molecule has 0 unspecified atom stereocenters. The van der Waals surface area contributed by atoms with E-state index in [9.17, 15) is 4.79 Å². The Bertz CT molecular complexity index is 1080. The van der Waals surface area contributed by atoms with Crippen LogP contribution in [0.4, 0.5) is 0 Å². The molecule has 1 aliphatic rings. The van der Waals surface area contributed by atoms with Gasteiger partial charge < -0.3 is 15.6 Å². The molecule has 0 bridgehead atoms. The van der Waals surface area contributed by atoms with Crippen LogP contribution in [0.5, 0.6) is 0 Å². The molecule has 1 aromatic carbocycles. The van der Waals surface area contributed by atoms with E-state index in [4.69, 9.17) is 5.73 Å². The van der Waals surface area contributed by atoms with E-state index in [2.05, 4.69) is 87.2 Å². The van der Waals surface area contributed by atoms with Crippen LogP contribution in [0.1, 0.15) is 88.8 Å². The Morgan fingerprint density at radius 1 is 1.17 bits per heavy atom. The molecule has 0 saturated heterocycles. The van der Waals surface area contributed by atoms with Crippen LogP contribution in [0.3, 0.4) is 0 Å². The number of carbonyl (C=O) groups is 1. The lowest BCUT2D eigenvalue weighted by molar-refractivity contribution is 0.103. The summed E-state index contributed by atoms with van der Waals surface area (Å²) in [6.07, 6.45) is 11.8. The zero-order valence-corrected chi connectivity index (χ0v) is 23.8. The molecule has 1 heterocycles. The summed E-state index contributed by atoms with van der Waals surface area (Å²) in [6.45, 7) is 24.1. The molecule has 198 valence electrons. The van der Waals surface area contributed by atoms with Crippen molar-refractivity contribution in [2.75, 3.05) is 6.54 Å². The van der Waals surface area contributed by atoms with E-state index in [1.54, 1.807) is 0 Å². The van der Waals surface area contributed by atoms with Crippen LogP contribution < -0.4 is 11.1 Å². The molecule has 0 atom stereocenters. The maximum atomic E-state index is 13.0. The number of carbonyl (C=O) groups excluding carboxylic acids is 1. The summed E-state index contributed by atoms with van der Waals surface area (Å²) in [6, 6.07) is 6.26. The Balaban J connectivity index is 0.000000826. The summed E-state index contributed by atoms with van der Waals surface area (Å²) >= 11 is 0. The Kier molecular flexibility index (Phi) is 13.7. The van der Waals surface area contributed by atoms with Crippen LogP contribution in [-0.2, 0) is 13.0 Å². The minimum Gasteiger partial charge on any atom is -0.396 e. The van der Waals surface area contributed by atoms with Crippen LogP contribution in [0.2, 0.25) is 0 Å². The van der Waals surface area contributed by atoms with Crippen molar-refractivity contribution in [3.63, 3.8) is 0 Å². The van der Waals surface area contributed by atoms with E-state index in [0.29, 0.717) is 5.56 Å². The largest absolute Gasteiger partial charge is 0.396 e. The number of aryl methyl sites for hydroxylation is 1. The predicted octanol–water partition coefficient (Wildman–Crippen LogP) is 8.02. The van der Waals surface area contributed by atoms with E-state index in [-0.39, 0.29) is 11.5 Å². The number of allylic oxidation sites excluding steroid dienone is 6. The van der Waals surface area contributed by atoms with Crippen LogP contribution >= 0.6 is 0 Å². The highest BCUT2D eigenvalue weighted by Gasteiger charge is 2.23. The van der Waals surface area contributed by atoms with Gasteiger partial charge in [-0.3, -0.25) is 4.79 Å². The summed E-state index contributed by atoms with van der Waals surface area (Å²) in [5, 5.41) is 4.27. The second-order valence-corrected chi connectivity index (χ2v) is 9.41. The van der Waals surface area contributed by atoms with E-state index < -0.39 is 0 Å². The first-order chi connectivity index (χ1) is 17.2. The van der Waals surface area contributed by atoms with Gasteiger partial charge in [0.1, 0.15) is 0 Å². The number of rotatable bonds is 10. The van der Waals surface area contributed by atoms with Crippen molar-refractivity contribution < 1.29 is 4.79 Å². The number of nitrogens with one attached hydrogen (secondary N) is 1. The van der Waals surface area contributed by atoms with Gasteiger partial charge in [-0.1, -0.05) is 84.6 Å². The molecule has 0 amide bonds. The lowest BCUT2D eigenvalue weighted by atomic mass is 9.97. The van der Waals surface area contributed by atoms with E-state index in [1.165, 1.54) is 12.0 Å². The minimum absolute atomic E-state index is 0.0794. The first kappa shape index (κ1) is 31.0. The van der Waals surface area contributed by atoms with Gasteiger partial charge in [-0.25, -0.2) is 0 Å².